The minimum absolute atomic E-state index is 0. The van der Waals surface area contributed by atoms with Crippen LogP contribution in [0.25, 0.3) is 0 Å². The normalized spacial score (nSPS) is 44.1. The quantitative estimate of drug-likeness (QED) is 0.180. The third-order valence-electron chi connectivity index (χ3n) is 3.73. The average Bonchev–Trinajstić information content (AvgIpc) is 2.46. The molecule has 0 amide bonds. The summed E-state index contributed by atoms with van der Waals surface area (Å²) >= 11 is 0. The van der Waals surface area contributed by atoms with E-state index in [0.29, 0.717) is 0 Å². The monoisotopic (exact) mass is 609 g/mol. The molecule has 0 bridgehead atoms. The van der Waals surface area contributed by atoms with Crippen LogP contribution >= 0.6 is 0 Å². The van der Waals surface area contributed by atoms with Gasteiger partial charge in [0.05, 0.1) is 25.4 Å². The van der Waals surface area contributed by atoms with E-state index in [1.165, 1.54) is 0 Å². The minimum Gasteiger partial charge on any atom is -0.394 e. The van der Waals surface area contributed by atoms with Crippen LogP contribution in [0.2, 0.25) is 0 Å². The number of aliphatic hydroxyl groups excluding tert-OH is 6. The first kappa shape index (κ1) is 24.0. The van der Waals surface area contributed by atoms with Gasteiger partial charge in [-0.25, -0.2) is 0 Å². The average molecular weight is 609 g/mol. The Morgan fingerprint density at radius 1 is 0.783 bits per heavy atom. The molecule has 2 aliphatic heterocycles. The molecule has 2 aliphatic rings. The fraction of sp³-hybridized carbons (Fsp3) is 1.00. The minimum atomic E-state index is -1.21. The molecule has 9 nitrogen and oxygen atoms in total. The maximum absolute atomic E-state index is 9.68. The molecule has 23 heavy (non-hydrogen) atoms. The van der Waals surface area contributed by atoms with Crippen LogP contribution < -0.4 is 0 Å². The van der Waals surface area contributed by atoms with Crippen molar-refractivity contribution in [2.24, 2.45) is 0 Å². The van der Waals surface area contributed by atoms with Crippen molar-refractivity contribution in [2.45, 2.75) is 62.0 Å². The van der Waals surface area contributed by atoms with Crippen molar-refractivity contribution >= 4 is 0 Å². The molecule has 2 rings (SSSR count). The molecule has 0 saturated carbocycles. The molecule has 0 aromatic heterocycles. The van der Waals surface area contributed by atoms with Crippen molar-refractivity contribution in [3.63, 3.8) is 0 Å². The molecule has 143 valence electrons. The van der Waals surface area contributed by atoms with E-state index in [0.717, 1.165) is 0 Å². The van der Waals surface area contributed by atoms with Crippen LogP contribution in [0.4, 0.5) is 0 Å². The maximum atomic E-state index is 9.68. The third-order valence-corrected chi connectivity index (χ3v) is 3.73. The third kappa shape index (κ3) is 6.01. The summed E-state index contributed by atoms with van der Waals surface area (Å²) in [6, 6.07) is 0. The first-order valence-electron chi connectivity index (χ1n) is 6.86. The van der Waals surface area contributed by atoms with Crippen molar-refractivity contribution in [3.05, 3.63) is 0 Å². The Morgan fingerprint density at radius 2 is 1.13 bits per heavy atom. The Bertz CT molecular complexity index is 310. The fourth-order valence-electron chi connectivity index (χ4n) is 2.48. The van der Waals surface area contributed by atoms with Gasteiger partial charge in [-0.1, -0.05) is 0 Å². The predicted molar refractivity (Wildman–Crippen MR) is 65.8 cm³/mol. The number of aliphatic hydroxyl groups is 6. The van der Waals surface area contributed by atoms with Crippen molar-refractivity contribution in [1.29, 1.82) is 0 Å². The molecule has 11 heteroatoms. The van der Waals surface area contributed by atoms with Gasteiger partial charge >= 0.3 is 0 Å². The fourth-order valence-corrected chi connectivity index (χ4v) is 2.48. The van der Waals surface area contributed by atoms with E-state index in [1.807, 2.05) is 0 Å². The van der Waals surface area contributed by atoms with Gasteiger partial charge in [-0.2, -0.15) is 0 Å². The van der Waals surface area contributed by atoms with Gasteiger partial charge in [0.15, 0.2) is 12.6 Å². The van der Waals surface area contributed by atoms with Gasteiger partial charge in [0.1, 0.15) is 24.4 Å². The number of hydrogen-bond acceptors (Lipinski definition) is 9. The second-order valence-corrected chi connectivity index (χ2v) is 5.30. The van der Waals surface area contributed by atoms with Gasteiger partial charge in [0.2, 0.25) is 0 Å². The van der Waals surface area contributed by atoms with Crippen molar-refractivity contribution in [2.75, 3.05) is 13.2 Å². The molecule has 0 aliphatic carbocycles. The number of ether oxygens (including phenoxy) is 3. The Kier molecular flexibility index (Phi) is 11.3. The smallest absolute Gasteiger partial charge is 0.163 e. The van der Waals surface area contributed by atoms with Gasteiger partial charge in [-0.05, 0) is 0 Å². The summed E-state index contributed by atoms with van der Waals surface area (Å²) in [4.78, 5) is 0. The molecule has 0 spiro atoms. The first-order chi connectivity index (χ1) is 9.96. The molecule has 2 fully saturated rings. The molecule has 1 radical (unpaired) electrons. The van der Waals surface area contributed by atoms with Crippen molar-refractivity contribution < 1.29 is 85.4 Å². The standard InChI is InChI=1S/C12H22O9.Ir.Pd/c13-3-7-11(17)5(15)1-9(19-7)21-10-2-6(16)12(18)8(4-14)20-10;;/h5-18H,1-4H2;;/t5?,6?,7?,8?,9-,10-,11+,12+;;/m1../s1. The molecule has 0 aromatic carbocycles. The van der Waals surface area contributed by atoms with Crippen LogP contribution in [0.1, 0.15) is 12.8 Å². The Hall–Kier alpha value is 0.952. The Morgan fingerprint density at radius 3 is 1.43 bits per heavy atom. The van der Waals surface area contributed by atoms with Crippen molar-refractivity contribution in [1.82, 2.24) is 0 Å². The van der Waals surface area contributed by atoms with Gasteiger partial charge in [0.25, 0.3) is 0 Å². The van der Waals surface area contributed by atoms with Gasteiger partial charge in [0, 0.05) is 53.4 Å². The van der Waals surface area contributed by atoms with E-state index in [4.69, 9.17) is 24.4 Å². The van der Waals surface area contributed by atoms with Gasteiger partial charge in [-0.15, -0.1) is 0 Å². The van der Waals surface area contributed by atoms with E-state index in [-0.39, 0.29) is 53.4 Å². The molecular weight excluding hydrogens is 587 g/mol. The molecule has 4 unspecified atom stereocenters. The van der Waals surface area contributed by atoms with Crippen molar-refractivity contribution in [3.8, 4) is 0 Å². The summed E-state index contributed by atoms with van der Waals surface area (Å²) in [5, 5.41) is 56.7. The van der Waals surface area contributed by atoms with Gasteiger partial charge in [-0.3, -0.25) is 0 Å². The maximum Gasteiger partial charge on any atom is 0.163 e. The first-order valence-corrected chi connectivity index (χ1v) is 6.86. The molecular formula is C12H22IrO9Pd. The summed E-state index contributed by atoms with van der Waals surface area (Å²) in [5.41, 5.74) is 0. The SMILES string of the molecule is OCC1O[C@H](O[C@@H]2CC(O)[C@H](O)C(CO)O2)CC(O)[C@@H]1O.[Ir].[Pd]. The Balaban J connectivity index is 0.00000242. The number of hydrogen-bond donors (Lipinski definition) is 6. The summed E-state index contributed by atoms with van der Waals surface area (Å²) in [5.74, 6) is 0. The second kappa shape index (κ2) is 10.8. The van der Waals surface area contributed by atoms with Crippen LogP contribution in [0.3, 0.4) is 0 Å². The van der Waals surface area contributed by atoms with E-state index < -0.39 is 62.4 Å². The molecule has 2 saturated heterocycles. The molecule has 0 aromatic rings. The van der Waals surface area contributed by atoms with Gasteiger partial charge < -0.3 is 44.8 Å². The van der Waals surface area contributed by atoms with E-state index >= 15 is 0 Å². The van der Waals surface area contributed by atoms with Crippen LogP contribution in [0, 0.1) is 0 Å². The zero-order valence-electron chi connectivity index (χ0n) is 12.0. The molecule has 8 atom stereocenters. The predicted octanol–water partition coefficient (Wildman–Crippen LogP) is -3.34. The topological polar surface area (TPSA) is 149 Å². The van der Waals surface area contributed by atoms with E-state index in [1.54, 1.807) is 0 Å². The summed E-state index contributed by atoms with van der Waals surface area (Å²) in [7, 11) is 0. The van der Waals surface area contributed by atoms with Crippen LogP contribution in [0.5, 0.6) is 0 Å². The largest absolute Gasteiger partial charge is 0.394 e. The van der Waals surface area contributed by atoms with E-state index in [2.05, 4.69) is 0 Å². The Labute approximate surface area is 160 Å². The van der Waals surface area contributed by atoms with Crippen LogP contribution in [-0.2, 0) is 54.7 Å². The van der Waals surface area contributed by atoms with Crippen LogP contribution in [-0.4, -0.2) is 93.1 Å². The summed E-state index contributed by atoms with van der Waals surface area (Å²) in [6.45, 7) is -0.964. The molecule has 2 heterocycles. The molecule has 6 N–H and O–H groups in total. The summed E-state index contributed by atoms with van der Waals surface area (Å²) < 4.78 is 16.0. The zero-order valence-corrected chi connectivity index (χ0v) is 16.0. The number of rotatable bonds is 4. The second-order valence-electron chi connectivity index (χ2n) is 5.30. The van der Waals surface area contributed by atoms with E-state index in [9.17, 15) is 20.4 Å². The summed E-state index contributed by atoms with van der Waals surface area (Å²) in [6.07, 6.45) is -8.54. The van der Waals surface area contributed by atoms with Crippen LogP contribution in [0.15, 0.2) is 0 Å². The zero-order chi connectivity index (χ0) is 15.6.